The van der Waals surface area contributed by atoms with E-state index in [1.54, 1.807) is 0 Å². The van der Waals surface area contributed by atoms with E-state index in [2.05, 4.69) is 17.9 Å². The molecule has 0 aliphatic rings. The summed E-state index contributed by atoms with van der Waals surface area (Å²) in [7, 11) is 0.750. The van der Waals surface area contributed by atoms with Crippen LogP contribution in [0.5, 0.6) is 0 Å². The van der Waals surface area contributed by atoms with E-state index < -0.39 is 0 Å². The summed E-state index contributed by atoms with van der Waals surface area (Å²) in [5.41, 5.74) is 0. The molecule has 2 nitrogen and oxygen atoms in total. The van der Waals surface area contributed by atoms with Gasteiger partial charge in [0, 0.05) is 0 Å². The summed E-state index contributed by atoms with van der Waals surface area (Å²) in [6.45, 7) is 6.51. The van der Waals surface area contributed by atoms with Crippen LogP contribution >= 0.6 is 0 Å². The minimum absolute atomic E-state index is 0.750. The van der Waals surface area contributed by atoms with Gasteiger partial charge in [0.15, 0.2) is 0 Å². The van der Waals surface area contributed by atoms with Crippen molar-refractivity contribution in [3.63, 3.8) is 0 Å². The van der Waals surface area contributed by atoms with Crippen molar-refractivity contribution in [3.05, 3.63) is 25.7 Å². The molecule has 0 aromatic rings. The lowest BCUT2D eigenvalue weighted by Crippen LogP contribution is -1.52. The van der Waals surface area contributed by atoms with E-state index >= 15 is 0 Å². The number of ether oxygens (including phenoxy) is 1. The Morgan fingerprint density at radius 1 is 1.29 bits per heavy atom. The fourth-order valence-corrected chi connectivity index (χ4v) is 0.0680. The lowest BCUT2D eigenvalue weighted by Gasteiger charge is -1.76. The third kappa shape index (κ3) is 35.8. The molecule has 1 radical (unpaired) electrons. The highest BCUT2D eigenvalue weighted by Gasteiger charge is 1.45. The summed E-state index contributed by atoms with van der Waals surface area (Å²) in [6.07, 6.45) is 2.62. The predicted octanol–water partition coefficient (Wildman–Crippen LogP) is 1.34. The second kappa shape index (κ2) is 18.8. The molecule has 0 aliphatic carbocycles. The first-order valence-electron chi connectivity index (χ1n) is 1.70. The van der Waals surface area contributed by atoms with Gasteiger partial charge in [-0.2, -0.15) is 0 Å². The summed E-state index contributed by atoms with van der Waals surface area (Å²) in [5.74, 6) is 0. The quantitative estimate of drug-likeness (QED) is 0.482. The third-order valence-electron chi connectivity index (χ3n) is 0.192. The van der Waals surface area contributed by atoms with Crippen LogP contribution in [0.15, 0.2) is 25.7 Å². The van der Waals surface area contributed by atoms with Crippen molar-refractivity contribution in [1.82, 2.24) is 0 Å². The van der Waals surface area contributed by atoms with Crippen molar-refractivity contribution >= 4 is 0 Å². The average Bonchev–Trinajstić information content (AvgIpc) is 1.75. The number of hydrogen-bond donors (Lipinski definition) is 0. The van der Waals surface area contributed by atoms with Gasteiger partial charge in [-0.25, -0.2) is 5.11 Å². The number of rotatable bonds is 2. The second-order valence-electron chi connectivity index (χ2n) is 0.469. The topological polar surface area (TPSA) is 29.1 Å². The van der Waals surface area contributed by atoms with Gasteiger partial charge in [0.2, 0.25) is 0 Å². The molecule has 0 saturated carbocycles. The van der Waals surface area contributed by atoms with Gasteiger partial charge in [-0.05, 0) is 0 Å². The van der Waals surface area contributed by atoms with E-state index in [1.807, 2.05) is 0 Å². The molecule has 0 N–H and O–H groups in total. The predicted molar refractivity (Wildman–Crippen MR) is 28.1 cm³/mol. The molecule has 0 aromatic carbocycles. The van der Waals surface area contributed by atoms with Gasteiger partial charge < -0.3 is 4.74 Å². The molecule has 2 heteroatoms. The maximum absolute atomic E-state index is 8.25. The van der Waals surface area contributed by atoms with Crippen LogP contribution in [0.3, 0.4) is 0 Å². The summed E-state index contributed by atoms with van der Waals surface area (Å²) in [6, 6.07) is 0. The average molecular weight is 101 g/mol. The largest absolute Gasteiger partial charge is 0.474 e. The Morgan fingerprint density at radius 3 is 1.57 bits per heavy atom. The maximum atomic E-state index is 8.25. The van der Waals surface area contributed by atoms with Crippen LogP contribution in [0, 0.1) is 0 Å². The van der Waals surface area contributed by atoms with Crippen LogP contribution in [0.2, 0.25) is 0 Å². The van der Waals surface area contributed by atoms with Crippen LogP contribution in [0.4, 0.5) is 0 Å². The molecule has 0 amide bonds. The van der Waals surface area contributed by atoms with E-state index in [0.29, 0.717) is 0 Å². The zero-order valence-corrected chi connectivity index (χ0v) is 4.39. The van der Waals surface area contributed by atoms with E-state index in [-0.39, 0.29) is 0 Å². The first kappa shape index (κ1) is 9.53. The zero-order valence-electron chi connectivity index (χ0n) is 4.39. The second-order valence-corrected chi connectivity index (χ2v) is 0.469. The minimum atomic E-state index is 0.750. The van der Waals surface area contributed by atoms with Crippen LogP contribution in [-0.4, -0.2) is 7.11 Å². The molecule has 7 heavy (non-hydrogen) atoms. The highest BCUT2D eigenvalue weighted by molar-refractivity contribution is 4.57. The smallest absolute Gasteiger partial charge is 0.0829 e. The Balaban J connectivity index is 0. The SMILES string of the molecule is C=COC=C.C[O]. The van der Waals surface area contributed by atoms with Gasteiger partial charge in [0.25, 0.3) is 0 Å². The van der Waals surface area contributed by atoms with Crippen molar-refractivity contribution in [2.24, 2.45) is 0 Å². The standard InChI is InChI=1S/C4H6O.CH3O/c1-3-5-4-2;1-2/h3-4H,1-2H2;1H3. The molecule has 0 unspecified atom stereocenters. The van der Waals surface area contributed by atoms with Crippen LogP contribution in [-0.2, 0) is 9.84 Å². The Morgan fingerprint density at radius 2 is 1.57 bits per heavy atom. The lowest BCUT2D eigenvalue weighted by atomic mass is 11.1. The summed E-state index contributed by atoms with van der Waals surface area (Å²) < 4.78 is 4.36. The Labute approximate surface area is 43.7 Å². The van der Waals surface area contributed by atoms with Crippen molar-refractivity contribution in [2.45, 2.75) is 0 Å². The van der Waals surface area contributed by atoms with E-state index in [4.69, 9.17) is 5.11 Å². The molecule has 0 saturated heterocycles. The van der Waals surface area contributed by atoms with Crippen LogP contribution < -0.4 is 0 Å². The van der Waals surface area contributed by atoms with Crippen molar-refractivity contribution in [2.75, 3.05) is 7.11 Å². The monoisotopic (exact) mass is 101 g/mol. The molecule has 0 rings (SSSR count). The number of hydrogen-bond acceptors (Lipinski definition) is 1. The van der Waals surface area contributed by atoms with Crippen molar-refractivity contribution < 1.29 is 9.84 Å². The van der Waals surface area contributed by atoms with E-state index in [0.717, 1.165) is 7.11 Å². The van der Waals surface area contributed by atoms with Gasteiger partial charge >= 0.3 is 0 Å². The normalized spacial score (nSPS) is 4.86. The lowest BCUT2D eigenvalue weighted by molar-refractivity contribution is 0.282. The fraction of sp³-hybridized carbons (Fsp3) is 0.200. The van der Waals surface area contributed by atoms with E-state index in [1.165, 1.54) is 12.5 Å². The first-order chi connectivity index (χ1) is 3.41. The molecule has 0 heterocycles. The van der Waals surface area contributed by atoms with Crippen LogP contribution in [0.1, 0.15) is 0 Å². The van der Waals surface area contributed by atoms with Gasteiger partial charge in [-0.1, -0.05) is 13.2 Å². The molecular weight excluding hydrogens is 92.1 g/mol. The molecule has 0 spiro atoms. The van der Waals surface area contributed by atoms with Crippen molar-refractivity contribution in [3.8, 4) is 0 Å². The van der Waals surface area contributed by atoms with Gasteiger partial charge in [0.1, 0.15) is 0 Å². The van der Waals surface area contributed by atoms with E-state index in [9.17, 15) is 0 Å². The summed E-state index contributed by atoms with van der Waals surface area (Å²) in [5, 5.41) is 8.25. The molecule has 0 aliphatic heterocycles. The fourth-order valence-electron chi connectivity index (χ4n) is 0.0680. The summed E-state index contributed by atoms with van der Waals surface area (Å²) in [4.78, 5) is 0. The Bertz CT molecular complexity index is 35.3. The Hall–Kier alpha value is -0.760. The summed E-state index contributed by atoms with van der Waals surface area (Å²) >= 11 is 0. The highest BCUT2D eigenvalue weighted by Crippen LogP contribution is 1.65. The molecule has 0 atom stereocenters. The molecule has 0 fully saturated rings. The highest BCUT2D eigenvalue weighted by atomic mass is 16.5. The van der Waals surface area contributed by atoms with Gasteiger partial charge in [-0.3, -0.25) is 0 Å². The molecule has 0 aromatic heterocycles. The molecular formula is C5H9O2. The zero-order chi connectivity index (χ0) is 6.12. The third-order valence-corrected chi connectivity index (χ3v) is 0.192. The first-order valence-corrected chi connectivity index (χ1v) is 1.70. The Kier molecular flexibility index (Phi) is 25.6. The van der Waals surface area contributed by atoms with Gasteiger partial charge in [0.05, 0.1) is 19.6 Å². The molecule has 0 bridgehead atoms. The molecule has 41 valence electrons. The van der Waals surface area contributed by atoms with Gasteiger partial charge in [-0.15, -0.1) is 0 Å². The maximum Gasteiger partial charge on any atom is 0.0829 e. The van der Waals surface area contributed by atoms with Crippen LogP contribution in [0.25, 0.3) is 0 Å². The van der Waals surface area contributed by atoms with Crippen molar-refractivity contribution in [1.29, 1.82) is 0 Å². The minimum Gasteiger partial charge on any atom is -0.474 e.